The molecule has 0 radical (unpaired) electrons. The molecule has 0 aliphatic heterocycles. The fourth-order valence-corrected chi connectivity index (χ4v) is 3.85. The maximum Gasteiger partial charge on any atom is 0.251 e. The van der Waals surface area contributed by atoms with Gasteiger partial charge in [-0.3, -0.25) is 9.59 Å². The summed E-state index contributed by atoms with van der Waals surface area (Å²) in [5, 5.41) is 4.03. The van der Waals surface area contributed by atoms with Crippen LogP contribution in [0.25, 0.3) is 10.9 Å². The van der Waals surface area contributed by atoms with Gasteiger partial charge >= 0.3 is 0 Å². The molecule has 4 nitrogen and oxygen atoms in total. The highest BCUT2D eigenvalue weighted by Crippen LogP contribution is 2.27. The number of carbonyl (C=O) groups excluding carboxylic acids is 1. The monoisotopic (exact) mass is 346 g/mol. The summed E-state index contributed by atoms with van der Waals surface area (Å²) in [5.41, 5.74) is 5.75. The Morgan fingerprint density at radius 3 is 2.69 bits per heavy atom. The summed E-state index contributed by atoms with van der Waals surface area (Å²) in [6.45, 7) is 2.02. The second kappa shape index (κ2) is 6.79. The van der Waals surface area contributed by atoms with Crippen LogP contribution in [0.5, 0.6) is 0 Å². The first kappa shape index (κ1) is 16.6. The van der Waals surface area contributed by atoms with Gasteiger partial charge in [-0.05, 0) is 55.9 Å². The molecule has 132 valence electrons. The smallest absolute Gasteiger partial charge is 0.251 e. The third kappa shape index (κ3) is 3.27. The summed E-state index contributed by atoms with van der Waals surface area (Å²) >= 11 is 0. The number of aromatic amines is 1. The molecule has 0 bridgehead atoms. The van der Waals surface area contributed by atoms with Crippen molar-refractivity contribution in [2.75, 3.05) is 5.32 Å². The Labute approximate surface area is 152 Å². The Hall–Kier alpha value is -2.88. The highest BCUT2D eigenvalue weighted by atomic mass is 16.1. The van der Waals surface area contributed by atoms with E-state index < -0.39 is 0 Å². The van der Waals surface area contributed by atoms with Crippen molar-refractivity contribution in [3.63, 3.8) is 0 Å². The number of pyridine rings is 1. The van der Waals surface area contributed by atoms with Gasteiger partial charge in [0.1, 0.15) is 0 Å². The lowest BCUT2D eigenvalue weighted by molar-refractivity contribution is -0.115. The van der Waals surface area contributed by atoms with Gasteiger partial charge in [-0.25, -0.2) is 0 Å². The second-order valence-corrected chi connectivity index (χ2v) is 7.09. The Kier molecular flexibility index (Phi) is 4.33. The first-order chi connectivity index (χ1) is 12.6. The lowest BCUT2D eigenvalue weighted by Gasteiger charge is -2.17. The zero-order valence-electron chi connectivity index (χ0n) is 14.9. The number of aryl methyl sites for hydroxylation is 2. The number of hydrogen-bond acceptors (Lipinski definition) is 2. The summed E-state index contributed by atoms with van der Waals surface area (Å²) in [7, 11) is 0. The fourth-order valence-electron chi connectivity index (χ4n) is 3.85. The molecule has 4 heteroatoms. The van der Waals surface area contributed by atoms with Crippen LogP contribution in [-0.2, 0) is 24.1 Å². The van der Waals surface area contributed by atoms with E-state index in [9.17, 15) is 9.59 Å². The highest BCUT2D eigenvalue weighted by molar-refractivity contribution is 5.95. The summed E-state index contributed by atoms with van der Waals surface area (Å²) in [4.78, 5) is 27.7. The Balaban J connectivity index is 1.59. The van der Waals surface area contributed by atoms with Gasteiger partial charge in [0.2, 0.25) is 5.91 Å². The molecule has 0 saturated heterocycles. The molecule has 0 fully saturated rings. The van der Waals surface area contributed by atoms with Crippen LogP contribution in [-0.4, -0.2) is 10.9 Å². The average Bonchev–Trinajstić information content (AvgIpc) is 2.62. The van der Waals surface area contributed by atoms with Crippen molar-refractivity contribution in [1.29, 1.82) is 0 Å². The van der Waals surface area contributed by atoms with E-state index in [4.69, 9.17) is 0 Å². The number of rotatable bonds is 3. The molecule has 3 aromatic rings. The molecule has 0 unspecified atom stereocenters. The topological polar surface area (TPSA) is 62.0 Å². The standard InChI is InChI=1S/C22H22N2O2/c1-14-5-4-6-15(11-14)12-21(25)23-16-9-10-18-17-7-2-3-8-19(17)22(26)24-20(18)13-16/h4-6,9-11,13H,2-3,7-8,12H2,1H3,(H,23,25)(H,24,26). The van der Waals surface area contributed by atoms with Crippen LogP contribution >= 0.6 is 0 Å². The van der Waals surface area contributed by atoms with Crippen LogP contribution in [0.1, 0.15) is 35.1 Å². The van der Waals surface area contributed by atoms with Crippen molar-refractivity contribution in [3.05, 3.63) is 75.1 Å². The van der Waals surface area contributed by atoms with Crippen molar-refractivity contribution >= 4 is 22.5 Å². The molecule has 1 aromatic heterocycles. The van der Waals surface area contributed by atoms with E-state index in [1.165, 1.54) is 5.56 Å². The van der Waals surface area contributed by atoms with Crippen molar-refractivity contribution in [2.24, 2.45) is 0 Å². The van der Waals surface area contributed by atoms with Crippen molar-refractivity contribution in [1.82, 2.24) is 4.98 Å². The number of anilines is 1. The number of carbonyl (C=O) groups is 1. The van der Waals surface area contributed by atoms with Gasteiger partial charge in [0.25, 0.3) is 5.56 Å². The zero-order chi connectivity index (χ0) is 18.1. The van der Waals surface area contributed by atoms with Crippen LogP contribution in [0.2, 0.25) is 0 Å². The molecule has 0 saturated carbocycles. The molecule has 0 atom stereocenters. The molecule has 1 amide bonds. The molecule has 2 aromatic carbocycles. The molecule has 1 aliphatic carbocycles. The quantitative estimate of drug-likeness (QED) is 0.756. The summed E-state index contributed by atoms with van der Waals surface area (Å²) in [5.74, 6) is -0.0599. The van der Waals surface area contributed by atoms with E-state index in [0.29, 0.717) is 12.1 Å². The van der Waals surface area contributed by atoms with Crippen LogP contribution in [0.15, 0.2) is 47.3 Å². The van der Waals surface area contributed by atoms with Crippen LogP contribution in [0.4, 0.5) is 5.69 Å². The predicted octanol–water partition coefficient (Wildman–Crippen LogP) is 3.90. The normalized spacial score (nSPS) is 13.4. The number of H-pyrrole nitrogens is 1. The summed E-state index contributed by atoms with van der Waals surface area (Å²) in [6, 6.07) is 13.7. The van der Waals surface area contributed by atoms with E-state index >= 15 is 0 Å². The molecular formula is C22H22N2O2. The zero-order valence-corrected chi connectivity index (χ0v) is 14.9. The van der Waals surface area contributed by atoms with E-state index in [1.54, 1.807) is 0 Å². The van der Waals surface area contributed by atoms with Crippen LogP contribution in [0, 0.1) is 6.92 Å². The highest BCUT2D eigenvalue weighted by Gasteiger charge is 2.16. The van der Waals surface area contributed by atoms with E-state index in [-0.39, 0.29) is 11.5 Å². The Bertz CT molecular complexity index is 1050. The van der Waals surface area contributed by atoms with Gasteiger partial charge < -0.3 is 10.3 Å². The van der Waals surface area contributed by atoms with Gasteiger partial charge in [-0.15, -0.1) is 0 Å². The lowest BCUT2D eigenvalue weighted by Crippen LogP contribution is -2.19. The maximum atomic E-state index is 12.3. The van der Waals surface area contributed by atoms with E-state index in [0.717, 1.165) is 53.3 Å². The molecule has 26 heavy (non-hydrogen) atoms. The summed E-state index contributed by atoms with van der Waals surface area (Å²) < 4.78 is 0. The molecule has 4 rings (SSSR count). The molecule has 1 heterocycles. The average molecular weight is 346 g/mol. The van der Waals surface area contributed by atoms with Gasteiger partial charge in [0.05, 0.1) is 11.9 Å². The number of nitrogens with one attached hydrogen (secondary N) is 2. The number of benzene rings is 2. The summed E-state index contributed by atoms with van der Waals surface area (Å²) in [6.07, 6.45) is 4.35. The SMILES string of the molecule is Cc1cccc(CC(=O)Nc2ccc3c4c(c(=O)[nH]c3c2)CCCC4)c1. The molecule has 1 aliphatic rings. The number of hydrogen-bond donors (Lipinski definition) is 2. The van der Waals surface area contributed by atoms with Crippen molar-refractivity contribution in [3.8, 4) is 0 Å². The first-order valence-corrected chi connectivity index (χ1v) is 9.13. The number of fused-ring (bicyclic) bond motifs is 3. The number of amides is 1. The maximum absolute atomic E-state index is 12.3. The Morgan fingerprint density at radius 1 is 1.08 bits per heavy atom. The molecule has 0 spiro atoms. The van der Waals surface area contributed by atoms with Crippen LogP contribution < -0.4 is 10.9 Å². The minimum absolute atomic E-state index is 0.00966. The largest absolute Gasteiger partial charge is 0.326 e. The predicted molar refractivity (Wildman–Crippen MR) is 105 cm³/mol. The molecule has 2 N–H and O–H groups in total. The third-order valence-corrected chi connectivity index (χ3v) is 5.07. The van der Waals surface area contributed by atoms with Gasteiger partial charge in [-0.2, -0.15) is 0 Å². The van der Waals surface area contributed by atoms with Crippen LogP contribution in [0.3, 0.4) is 0 Å². The van der Waals surface area contributed by atoms with Crippen molar-refractivity contribution < 1.29 is 4.79 Å². The van der Waals surface area contributed by atoms with E-state index in [2.05, 4.69) is 10.3 Å². The van der Waals surface area contributed by atoms with Gasteiger partial charge in [-0.1, -0.05) is 35.9 Å². The fraction of sp³-hybridized carbons (Fsp3) is 0.273. The minimum Gasteiger partial charge on any atom is -0.326 e. The van der Waals surface area contributed by atoms with Crippen molar-refractivity contribution in [2.45, 2.75) is 39.0 Å². The third-order valence-electron chi connectivity index (χ3n) is 5.07. The van der Waals surface area contributed by atoms with Gasteiger partial charge in [0, 0.05) is 16.6 Å². The van der Waals surface area contributed by atoms with E-state index in [1.807, 2.05) is 49.4 Å². The Morgan fingerprint density at radius 2 is 1.88 bits per heavy atom. The first-order valence-electron chi connectivity index (χ1n) is 9.13. The lowest BCUT2D eigenvalue weighted by atomic mass is 9.90. The number of aromatic nitrogens is 1. The minimum atomic E-state index is -0.0599. The molecular weight excluding hydrogens is 324 g/mol. The van der Waals surface area contributed by atoms with Gasteiger partial charge in [0.15, 0.2) is 0 Å². The second-order valence-electron chi connectivity index (χ2n) is 7.09.